The number of aromatic carboxylic acids is 1. The summed E-state index contributed by atoms with van der Waals surface area (Å²) in [5.41, 5.74) is 0.733. The molecule has 0 aliphatic rings. The lowest BCUT2D eigenvalue weighted by atomic mass is 10.0. The third-order valence-electron chi connectivity index (χ3n) is 3.11. The van der Waals surface area contributed by atoms with Crippen molar-refractivity contribution in [3.63, 3.8) is 0 Å². The molecule has 2 N–H and O–H groups in total. The van der Waals surface area contributed by atoms with Crippen molar-refractivity contribution < 1.29 is 24.0 Å². The van der Waals surface area contributed by atoms with Gasteiger partial charge in [0.25, 0.3) is 0 Å². The van der Waals surface area contributed by atoms with Crippen molar-refractivity contribution in [2.45, 2.75) is 19.9 Å². The van der Waals surface area contributed by atoms with Crippen LogP contribution in [0.1, 0.15) is 36.0 Å². The molecule has 0 saturated heterocycles. The minimum atomic E-state index is -1.17. The Balaban J connectivity index is 2.45. The average molecular weight is 304 g/mol. The fraction of sp³-hybridized carbons (Fsp3) is 0.267. The summed E-state index contributed by atoms with van der Waals surface area (Å²) < 4.78 is 10.2. The molecular weight excluding hydrogens is 288 g/mol. The molecule has 1 aromatic carbocycles. The second-order valence-electron chi connectivity index (χ2n) is 4.73. The molecular formula is C15H16N2O5. The van der Waals surface area contributed by atoms with Crippen LogP contribution in [0.4, 0.5) is 0 Å². The first-order valence-electron chi connectivity index (χ1n) is 6.58. The molecule has 1 aromatic heterocycles. The van der Waals surface area contributed by atoms with E-state index in [0.717, 1.165) is 0 Å². The van der Waals surface area contributed by atoms with Gasteiger partial charge in [-0.05, 0) is 31.2 Å². The van der Waals surface area contributed by atoms with Crippen molar-refractivity contribution in [3.8, 4) is 17.0 Å². The second kappa shape index (κ2) is 6.30. The summed E-state index contributed by atoms with van der Waals surface area (Å²) in [6, 6.07) is 6.19. The van der Waals surface area contributed by atoms with Gasteiger partial charge in [0.1, 0.15) is 17.0 Å². The molecule has 2 rings (SSSR count). The quantitative estimate of drug-likeness (QED) is 0.878. The maximum absolute atomic E-state index is 11.6. The third-order valence-corrected chi connectivity index (χ3v) is 3.11. The highest BCUT2D eigenvalue weighted by Gasteiger charge is 2.27. The van der Waals surface area contributed by atoms with Crippen LogP contribution < -0.4 is 10.1 Å². The molecule has 0 aliphatic heterocycles. The molecule has 7 nitrogen and oxygen atoms in total. The molecule has 0 saturated carbocycles. The number of hydrogen-bond donors (Lipinski definition) is 2. The Kier molecular flexibility index (Phi) is 4.45. The monoisotopic (exact) mass is 304 g/mol. The number of carboxylic acids is 1. The topological polar surface area (TPSA) is 102 Å². The van der Waals surface area contributed by atoms with Gasteiger partial charge in [-0.25, -0.2) is 4.79 Å². The zero-order valence-corrected chi connectivity index (χ0v) is 12.4. The molecule has 0 bridgehead atoms. The highest BCUT2D eigenvalue weighted by atomic mass is 16.5. The molecule has 1 heterocycles. The standard InChI is InChI=1S/C15H16N2O5/c1-8(16-9(2)18)14-12(15(19)20)13(17-22-14)10-4-6-11(21-3)7-5-10/h4-8H,1-3H3,(H,16,18)(H,19,20). The Hall–Kier alpha value is -2.83. The van der Waals surface area contributed by atoms with Crippen LogP contribution in [0.25, 0.3) is 11.3 Å². The minimum absolute atomic E-state index is 0.0635. The predicted molar refractivity (Wildman–Crippen MR) is 77.7 cm³/mol. The van der Waals surface area contributed by atoms with Gasteiger partial charge in [0.05, 0.1) is 13.2 Å². The van der Waals surface area contributed by atoms with Gasteiger partial charge in [0.15, 0.2) is 5.76 Å². The van der Waals surface area contributed by atoms with E-state index in [1.165, 1.54) is 6.92 Å². The third kappa shape index (κ3) is 3.08. The predicted octanol–water partition coefficient (Wildman–Crippen LogP) is 2.25. The Labute approximate surface area is 126 Å². The first-order chi connectivity index (χ1) is 10.4. The summed E-state index contributed by atoms with van der Waals surface area (Å²) in [4.78, 5) is 22.7. The fourth-order valence-corrected chi connectivity index (χ4v) is 2.12. The van der Waals surface area contributed by atoms with Crippen molar-refractivity contribution >= 4 is 11.9 Å². The van der Waals surface area contributed by atoms with Gasteiger partial charge in [-0.15, -0.1) is 0 Å². The number of nitrogens with zero attached hydrogens (tertiary/aromatic N) is 1. The highest BCUT2D eigenvalue weighted by molar-refractivity contribution is 5.96. The van der Waals surface area contributed by atoms with Crippen molar-refractivity contribution in [2.75, 3.05) is 7.11 Å². The van der Waals surface area contributed by atoms with Gasteiger partial charge in [0, 0.05) is 12.5 Å². The molecule has 7 heteroatoms. The van der Waals surface area contributed by atoms with E-state index in [0.29, 0.717) is 11.3 Å². The number of methoxy groups -OCH3 is 1. The molecule has 1 unspecified atom stereocenters. The van der Waals surface area contributed by atoms with Crippen molar-refractivity contribution in [1.82, 2.24) is 10.5 Å². The number of hydrogen-bond acceptors (Lipinski definition) is 5. The molecule has 0 aliphatic carbocycles. The molecule has 0 spiro atoms. The number of carbonyl (C=O) groups is 2. The maximum Gasteiger partial charge on any atom is 0.341 e. The zero-order chi connectivity index (χ0) is 16.3. The Bertz CT molecular complexity index is 690. The van der Waals surface area contributed by atoms with E-state index in [1.54, 1.807) is 38.3 Å². The number of nitrogens with one attached hydrogen (secondary N) is 1. The van der Waals surface area contributed by atoms with Crippen LogP contribution in [0.2, 0.25) is 0 Å². The Morgan fingerprint density at radius 3 is 2.45 bits per heavy atom. The SMILES string of the molecule is COc1ccc(-c2noc(C(C)NC(C)=O)c2C(=O)O)cc1. The lowest BCUT2D eigenvalue weighted by molar-refractivity contribution is -0.119. The van der Waals surface area contributed by atoms with Crippen LogP contribution in [0.5, 0.6) is 5.75 Å². The number of aromatic nitrogens is 1. The Morgan fingerprint density at radius 1 is 1.32 bits per heavy atom. The summed E-state index contributed by atoms with van der Waals surface area (Å²) in [7, 11) is 1.54. The Morgan fingerprint density at radius 2 is 1.95 bits per heavy atom. The smallest absolute Gasteiger partial charge is 0.341 e. The van der Waals surface area contributed by atoms with Gasteiger partial charge < -0.3 is 19.7 Å². The van der Waals surface area contributed by atoms with E-state index >= 15 is 0 Å². The lowest BCUT2D eigenvalue weighted by Gasteiger charge is -2.09. The van der Waals surface area contributed by atoms with Gasteiger partial charge in [-0.1, -0.05) is 5.16 Å². The molecule has 1 amide bonds. The number of benzene rings is 1. The maximum atomic E-state index is 11.6. The minimum Gasteiger partial charge on any atom is -0.497 e. The van der Waals surface area contributed by atoms with Crippen LogP contribution >= 0.6 is 0 Å². The normalized spacial score (nSPS) is 11.8. The summed E-state index contributed by atoms with van der Waals surface area (Å²) in [5.74, 6) is -0.699. The van der Waals surface area contributed by atoms with Crippen LogP contribution in [0, 0.1) is 0 Å². The van der Waals surface area contributed by atoms with E-state index in [1.807, 2.05) is 0 Å². The first-order valence-corrected chi connectivity index (χ1v) is 6.58. The summed E-state index contributed by atoms with van der Waals surface area (Å²) >= 11 is 0. The van der Waals surface area contributed by atoms with Crippen LogP contribution in [0.15, 0.2) is 28.8 Å². The van der Waals surface area contributed by atoms with E-state index in [2.05, 4.69) is 10.5 Å². The zero-order valence-electron chi connectivity index (χ0n) is 12.4. The molecule has 116 valence electrons. The lowest BCUT2D eigenvalue weighted by Crippen LogP contribution is -2.24. The van der Waals surface area contributed by atoms with Crippen molar-refractivity contribution in [3.05, 3.63) is 35.6 Å². The number of carboxylic acid groups (broad SMARTS) is 1. The molecule has 1 atom stereocenters. The van der Waals surface area contributed by atoms with Gasteiger partial charge in [-0.3, -0.25) is 4.79 Å². The summed E-state index contributed by atoms with van der Waals surface area (Å²) in [5, 5.41) is 15.9. The number of amides is 1. The number of rotatable bonds is 5. The molecule has 0 fully saturated rings. The van der Waals surface area contributed by atoms with Crippen molar-refractivity contribution in [2.24, 2.45) is 0 Å². The second-order valence-corrected chi connectivity index (χ2v) is 4.73. The molecule has 2 aromatic rings. The van der Waals surface area contributed by atoms with E-state index in [9.17, 15) is 14.7 Å². The average Bonchev–Trinajstić information content (AvgIpc) is 2.91. The van der Waals surface area contributed by atoms with E-state index in [-0.39, 0.29) is 22.9 Å². The van der Waals surface area contributed by atoms with Crippen molar-refractivity contribution in [1.29, 1.82) is 0 Å². The fourth-order valence-electron chi connectivity index (χ4n) is 2.12. The van der Waals surface area contributed by atoms with Crippen LogP contribution in [-0.4, -0.2) is 29.2 Å². The number of ether oxygens (including phenoxy) is 1. The highest BCUT2D eigenvalue weighted by Crippen LogP contribution is 2.30. The molecule has 22 heavy (non-hydrogen) atoms. The largest absolute Gasteiger partial charge is 0.497 e. The van der Waals surface area contributed by atoms with E-state index in [4.69, 9.17) is 9.26 Å². The number of carbonyl (C=O) groups excluding carboxylic acids is 1. The van der Waals surface area contributed by atoms with Gasteiger partial charge in [0.2, 0.25) is 5.91 Å². The van der Waals surface area contributed by atoms with Crippen LogP contribution in [0.3, 0.4) is 0 Å². The van der Waals surface area contributed by atoms with E-state index < -0.39 is 12.0 Å². The molecule has 0 radical (unpaired) electrons. The first kappa shape index (κ1) is 15.6. The van der Waals surface area contributed by atoms with Crippen LogP contribution in [-0.2, 0) is 4.79 Å². The van der Waals surface area contributed by atoms with Gasteiger partial charge >= 0.3 is 5.97 Å². The summed E-state index contributed by atoms with van der Waals surface area (Å²) in [6.07, 6.45) is 0. The van der Waals surface area contributed by atoms with Gasteiger partial charge in [-0.2, -0.15) is 0 Å². The summed E-state index contributed by atoms with van der Waals surface area (Å²) in [6.45, 7) is 2.98.